The molecule has 0 atom stereocenters. The number of nitro groups is 1. The zero-order chi connectivity index (χ0) is 10.6. The lowest BCUT2D eigenvalue weighted by atomic mass is 10.2. The predicted molar refractivity (Wildman–Crippen MR) is 59.9 cm³/mol. The van der Waals surface area contributed by atoms with E-state index in [2.05, 4.69) is 0 Å². The van der Waals surface area contributed by atoms with Gasteiger partial charge in [0.15, 0.2) is 0 Å². The van der Waals surface area contributed by atoms with Crippen LogP contribution in [0.4, 0.5) is 5.69 Å². The number of hydrogen-bond acceptors (Lipinski definition) is 3. The number of nitro benzene ring substituents is 1. The molecule has 0 heterocycles. The highest BCUT2D eigenvalue weighted by molar-refractivity contribution is 7.98. The number of halogens is 1. The van der Waals surface area contributed by atoms with Crippen molar-refractivity contribution in [2.75, 3.05) is 5.75 Å². The average molecular weight is 232 g/mol. The van der Waals surface area contributed by atoms with Crippen molar-refractivity contribution in [3.05, 3.63) is 38.9 Å². The first kappa shape index (κ1) is 11.3. The topological polar surface area (TPSA) is 43.1 Å². The number of thioether (sulfide) groups is 1. The van der Waals surface area contributed by atoms with Gasteiger partial charge in [-0.15, -0.1) is 0 Å². The highest BCUT2D eigenvalue weighted by Gasteiger charge is 2.08. The van der Waals surface area contributed by atoms with E-state index in [0.29, 0.717) is 5.02 Å². The van der Waals surface area contributed by atoms with Crippen LogP contribution < -0.4 is 0 Å². The second-order valence-corrected chi connectivity index (χ2v) is 4.35. The van der Waals surface area contributed by atoms with Crippen molar-refractivity contribution < 1.29 is 4.92 Å². The van der Waals surface area contributed by atoms with E-state index in [1.807, 2.05) is 6.92 Å². The van der Waals surface area contributed by atoms with Crippen molar-refractivity contribution >= 4 is 29.1 Å². The Hall–Kier alpha value is -0.740. The van der Waals surface area contributed by atoms with Crippen LogP contribution in [0.25, 0.3) is 0 Å². The molecule has 0 spiro atoms. The monoisotopic (exact) mass is 231 g/mol. The lowest BCUT2D eigenvalue weighted by molar-refractivity contribution is -0.384. The van der Waals surface area contributed by atoms with Crippen LogP contribution in [0.3, 0.4) is 0 Å². The fourth-order valence-corrected chi connectivity index (χ4v) is 1.92. The van der Waals surface area contributed by atoms with E-state index in [0.717, 1.165) is 17.1 Å². The van der Waals surface area contributed by atoms with Crippen LogP contribution in [0.15, 0.2) is 18.2 Å². The van der Waals surface area contributed by atoms with E-state index >= 15 is 0 Å². The Bertz CT molecular complexity index is 344. The number of non-ortho nitro benzene ring substituents is 1. The van der Waals surface area contributed by atoms with Crippen LogP contribution >= 0.6 is 23.4 Å². The molecule has 1 aromatic rings. The zero-order valence-corrected chi connectivity index (χ0v) is 9.27. The highest BCUT2D eigenvalue weighted by Crippen LogP contribution is 2.25. The van der Waals surface area contributed by atoms with Crippen LogP contribution in [-0.2, 0) is 5.75 Å². The van der Waals surface area contributed by atoms with Crippen molar-refractivity contribution in [3.63, 3.8) is 0 Å². The van der Waals surface area contributed by atoms with Gasteiger partial charge >= 0.3 is 0 Å². The molecule has 0 unspecified atom stereocenters. The molecule has 1 aromatic carbocycles. The maximum Gasteiger partial charge on any atom is 0.269 e. The van der Waals surface area contributed by atoms with Crippen molar-refractivity contribution in [3.8, 4) is 0 Å². The number of hydrogen-bond donors (Lipinski definition) is 0. The Morgan fingerprint density at radius 3 is 2.86 bits per heavy atom. The zero-order valence-electron chi connectivity index (χ0n) is 7.70. The summed E-state index contributed by atoms with van der Waals surface area (Å²) in [5, 5.41) is 11.1. The summed E-state index contributed by atoms with van der Waals surface area (Å²) in [6.07, 6.45) is 0. The molecule has 0 aliphatic heterocycles. The van der Waals surface area contributed by atoms with Gasteiger partial charge < -0.3 is 0 Å². The van der Waals surface area contributed by atoms with Crippen molar-refractivity contribution in [1.29, 1.82) is 0 Å². The summed E-state index contributed by atoms with van der Waals surface area (Å²) in [4.78, 5) is 10.1. The smallest absolute Gasteiger partial charge is 0.258 e. The summed E-state index contributed by atoms with van der Waals surface area (Å²) in [5.74, 6) is 1.69. The predicted octanol–water partition coefficient (Wildman–Crippen LogP) is 3.50. The summed E-state index contributed by atoms with van der Waals surface area (Å²) in [5.41, 5.74) is 0.925. The maximum absolute atomic E-state index is 10.5. The van der Waals surface area contributed by atoms with Crippen molar-refractivity contribution in [2.24, 2.45) is 0 Å². The Kier molecular flexibility index (Phi) is 4.22. The summed E-state index contributed by atoms with van der Waals surface area (Å²) in [6, 6.07) is 4.53. The molecule has 3 nitrogen and oxygen atoms in total. The van der Waals surface area contributed by atoms with E-state index in [1.165, 1.54) is 12.1 Å². The third-order valence-electron chi connectivity index (χ3n) is 1.70. The highest BCUT2D eigenvalue weighted by atomic mass is 35.5. The van der Waals surface area contributed by atoms with Crippen LogP contribution in [0, 0.1) is 10.1 Å². The van der Waals surface area contributed by atoms with E-state index < -0.39 is 4.92 Å². The lowest BCUT2D eigenvalue weighted by Gasteiger charge is -2.02. The molecular weight excluding hydrogens is 222 g/mol. The summed E-state index contributed by atoms with van der Waals surface area (Å²) in [6.45, 7) is 2.04. The van der Waals surface area contributed by atoms with Crippen molar-refractivity contribution in [2.45, 2.75) is 12.7 Å². The van der Waals surface area contributed by atoms with Gasteiger partial charge in [-0.1, -0.05) is 18.5 Å². The molecule has 5 heteroatoms. The first-order valence-electron chi connectivity index (χ1n) is 4.15. The molecule has 0 bridgehead atoms. The molecular formula is C9H10ClNO2S. The quantitative estimate of drug-likeness (QED) is 0.588. The van der Waals surface area contributed by atoms with E-state index in [1.54, 1.807) is 17.8 Å². The molecule has 14 heavy (non-hydrogen) atoms. The Labute approximate surface area is 91.6 Å². The van der Waals surface area contributed by atoms with E-state index in [9.17, 15) is 10.1 Å². The maximum atomic E-state index is 10.5. The lowest BCUT2D eigenvalue weighted by Crippen LogP contribution is -1.90. The molecule has 0 amide bonds. The first-order chi connectivity index (χ1) is 6.65. The molecule has 1 rings (SSSR count). The minimum atomic E-state index is -0.406. The summed E-state index contributed by atoms with van der Waals surface area (Å²) in [7, 11) is 0. The fourth-order valence-electron chi connectivity index (χ4n) is 0.997. The SMILES string of the molecule is CCSCc1cc([N+](=O)[O-])ccc1Cl. The third kappa shape index (κ3) is 2.89. The molecule has 0 N–H and O–H groups in total. The Morgan fingerprint density at radius 1 is 1.57 bits per heavy atom. The second-order valence-electron chi connectivity index (χ2n) is 2.67. The van der Waals surface area contributed by atoms with Crippen LogP contribution in [0.2, 0.25) is 5.02 Å². The standard InChI is InChI=1S/C9H10ClNO2S/c1-2-14-6-7-5-8(11(12)13)3-4-9(7)10/h3-5H,2,6H2,1H3. The molecule has 0 aromatic heterocycles. The second kappa shape index (κ2) is 5.22. The van der Waals surface area contributed by atoms with Gasteiger partial charge in [-0.3, -0.25) is 10.1 Å². The molecule has 0 aliphatic rings. The van der Waals surface area contributed by atoms with Crippen LogP contribution in [0.1, 0.15) is 12.5 Å². The van der Waals surface area contributed by atoms with Gasteiger partial charge in [-0.2, -0.15) is 11.8 Å². The summed E-state index contributed by atoms with van der Waals surface area (Å²) < 4.78 is 0. The Balaban J connectivity index is 2.90. The molecule has 0 saturated heterocycles. The fraction of sp³-hybridized carbons (Fsp3) is 0.333. The van der Waals surface area contributed by atoms with Gasteiger partial charge in [0.2, 0.25) is 0 Å². The van der Waals surface area contributed by atoms with E-state index in [-0.39, 0.29) is 5.69 Å². The molecule has 0 aliphatic carbocycles. The minimum absolute atomic E-state index is 0.0982. The number of nitrogens with zero attached hydrogens (tertiary/aromatic N) is 1. The largest absolute Gasteiger partial charge is 0.269 e. The van der Waals surface area contributed by atoms with Crippen LogP contribution in [0.5, 0.6) is 0 Å². The molecule has 76 valence electrons. The average Bonchev–Trinajstić information content (AvgIpc) is 2.16. The van der Waals surface area contributed by atoms with Crippen LogP contribution in [-0.4, -0.2) is 10.7 Å². The van der Waals surface area contributed by atoms with Gasteiger partial charge in [0.05, 0.1) is 4.92 Å². The first-order valence-corrected chi connectivity index (χ1v) is 5.69. The van der Waals surface area contributed by atoms with Gasteiger partial charge in [0, 0.05) is 22.9 Å². The molecule has 0 fully saturated rings. The number of rotatable bonds is 4. The van der Waals surface area contributed by atoms with Gasteiger partial charge in [0.1, 0.15) is 0 Å². The summed E-state index contributed by atoms with van der Waals surface area (Å²) >= 11 is 7.59. The Morgan fingerprint density at radius 2 is 2.29 bits per heavy atom. The number of benzene rings is 1. The molecule has 0 radical (unpaired) electrons. The van der Waals surface area contributed by atoms with Crippen molar-refractivity contribution in [1.82, 2.24) is 0 Å². The minimum Gasteiger partial charge on any atom is -0.258 e. The third-order valence-corrected chi connectivity index (χ3v) is 2.99. The van der Waals surface area contributed by atoms with Gasteiger partial charge in [0.25, 0.3) is 5.69 Å². The van der Waals surface area contributed by atoms with E-state index in [4.69, 9.17) is 11.6 Å². The van der Waals surface area contributed by atoms with Gasteiger partial charge in [-0.05, 0) is 17.4 Å². The molecule has 0 saturated carbocycles. The normalized spacial score (nSPS) is 10.1. The van der Waals surface area contributed by atoms with Gasteiger partial charge in [-0.25, -0.2) is 0 Å².